The quantitative estimate of drug-likeness (QED) is 0.0293. The van der Waals surface area contributed by atoms with Crippen LogP contribution in [0.1, 0.15) is 156 Å². The molecule has 0 aliphatic heterocycles. The van der Waals surface area contributed by atoms with Crippen molar-refractivity contribution in [2.75, 3.05) is 19.6 Å². The van der Waals surface area contributed by atoms with Crippen LogP contribution in [0.2, 0.25) is 0 Å². The number of allylic oxidation sites excluding steroid dienone is 8. The van der Waals surface area contributed by atoms with Crippen LogP contribution in [0.5, 0.6) is 0 Å². The van der Waals surface area contributed by atoms with Gasteiger partial charge in [-0.05, 0) is 142 Å². The van der Waals surface area contributed by atoms with E-state index in [-0.39, 0.29) is 37.5 Å². The highest BCUT2D eigenvalue weighted by molar-refractivity contribution is 5.95. The fraction of sp³-hybridized carbons (Fsp3) is 0.702. The second-order valence-electron chi connectivity index (χ2n) is 16.3. The van der Waals surface area contributed by atoms with Crippen LogP contribution < -0.4 is 43.8 Å². The molecule has 0 unspecified atom stereocenters. The Morgan fingerprint density at radius 3 is 1.37 bits per heavy atom. The number of rotatable bonds is 38. The summed E-state index contributed by atoms with van der Waals surface area (Å²) in [6.45, 7) is 8.66. The van der Waals surface area contributed by atoms with Crippen LogP contribution in [0.25, 0.3) is 0 Å². The van der Waals surface area contributed by atoms with E-state index in [1.165, 1.54) is 26.2 Å². The van der Waals surface area contributed by atoms with E-state index in [2.05, 4.69) is 82.1 Å². The lowest BCUT2D eigenvalue weighted by Gasteiger charge is -2.26. The predicted molar refractivity (Wildman–Crippen MR) is 250 cm³/mol. The zero-order chi connectivity index (χ0) is 46.4. The second-order valence-corrected chi connectivity index (χ2v) is 16.3. The monoisotopic (exact) mass is 873 g/mol. The minimum absolute atomic E-state index is 0.0131. The Balaban J connectivity index is 5.33. The summed E-state index contributed by atoms with van der Waals surface area (Å²) in [4.78, 5) is 78.6. The Bertz CT molecular complexity index is 1380. The third kappa shape index (κ3) is 30.6. The Morgan fingerprint density at radius 1 is 0.484 bits per heavy atom. The van der Waals surface area contributed by atoms with Gasteiger partial charge in [0.25, 0.3) is 0 Å². The average molecular weight is 873 g/mol. The highest BCUT2D eigenvalue weighted by atomic mass is 16.4. The third-order valence-corrected chi connectivity index (χ3v) is 10.1. The van der Waals surface area contributed by atoms with Gasteiger partial charge in [-0.15, -0.1) is 0 Å². The van der Waals surface area contributed by atoms with Crippen LogP contribution in [-0.2, 0) is 28.8 Å². The molecule has 0 heterocycles. The molecular formula is C47H84N8O7. The Morgan fingerprint density at radius 2 is 0.903 bits per heavy atom. The van der Waals surface area contributed by atoms with Crippen LogP contribution in [0.4, 0.5) is 0 Å². The molecule has 0 saturated carbocycles. The zero-order valence-electron chi connectivity index (χ0n) is 38.5. The maximum absolute atomic E-state index is 13.6. The average Bonchev–Trinajstić information content (AvgIpc) is 3.23. The van der Waals surface area contributed by atoms with Gasteiger partial charge in [0.15, 0.2) is 0 Å². The molecule has 62 heavy (non-hydrogen) atoms. The molecule has 0 aliphatic carbocycles. The van der Waals surface area contributed by atoms with E-state index in [0.29, 0.717) is 71.0 Å². The predicted octanol–water partition coefficient (Wildman–Crippen LogP) is 5.09. The summed E-state index contributed by atoms with van der Waals surface area (Å²) < 4.78 is 0. The number of hydrogen-bond donors (Lipinski definition) is 9. The number of carbonyl (C=O) groups excluding carboxylic acids is 5. The van der Waals surface area contributed by atoms with Gasteiger partial charge >= 0.3 is 5.97 Å². The van der Waals surface area contributed by atoms with E-state index < -0.39 is 59.8 Å². The first-order valence-electron chi connectivity index (χ1n) is 23.2. The number of nitrogens with two attached hydrogens (primary N) is 3. The molecular weight excluding hydrogens is 789 g/mol. The fourth-order valence-corrected chi connectivity index (χ4v) is 6.41. The summed E-state index contributed by atoms with van der Waals surface area (Å²) >= 11 is 0. The van der Waals surface area contributed by atoms with Crippen LogP contribution in [-0.4, -0.2) is 90.5 Å². The van der Waals surface area contributed by atoms with Crippen molar-refractivity contribution in [2.24, 2.45) is 23.1 Å². The van der Waals surface area contributed by atoms with E-state index >= 15 is 0 Å². The van der Waals surface area contributed by atoms with E-state index in [9.17, 15) is 33.9 Å². The van der Waals surface area contributed by atoms with Crippen molar-refractivity contribution in [3.05, 3.63) is 48.6 Å². The maximum atomic E-state index is 13.6. The minimum atomic E-state index is -1.19. The third-order valence-electron chi connectivity index (χ3n) is 10.1. The zero-order valence-corrected chi connectivity index (χ0v) is 38.5. The highest BCUT2D eigenvalue weighted by Crippen LogP contribution is 2.10. The molecule has 15 nitrogen and oxygen atoms in total. The summed E-state index contributed by atoms with van der Waals surface area (Å²) in [5.74, 6) is -3.90. The first-order chi connectivity index (χ1) is 29.8. The molecule has 0 aromatic carbocycles. The SMILES string of the molecule is CCCCC/C=C\C/C=C\C/C=C\C/C=C\CCCC(=O)N[C@@H](CCCCN)C(=O)N[C@@H](CC(C)C)C(=O)N[C@@H](C)C(=O)N[C@@H](CCCCN)C(=O)N[C@@H](CCCCN)C(=O)O. The van der Waals surface area contributed by atoms with Gasteiger partial charge in [-0.25, -0.2) is 4.79 Å². The molecule has 5 atom stereocenters. The Kier molecular flexibility index (Phi) is 35.7. The summed E-state index contributed by atoms with van der Waals surface area (Å²) in [6, 6.07) is -5.23. The summed E-state index contributed by atoms with van der Waals surface area (Å²) in [5.41, 5.74) is 16.9. The molecule has 0 aromatic rings. The second kappa shape index (κ2) is 38.3. The molecule has 0 aliphatic rings. The van der Waals surface area contributed by atoms with Gasteiger partial charge in [-0.2, -0.15) is 0 Å². The number of unbranched alkanes of at least 4 members (excludes halogenated alkanes) is 7. The van der Waals surface area contributed by atoms with E-state index in [0.717, 1.165) is 32.1 Å². The Labute approximate surface area is 372 Å². The number of carbonyl (C=O) groups is 6. The molecule has 0 fully saturated rings. The van der Waals surface area contributed by atoms with Gasteiger partial charge in [0.05, 0.1) is 0 Å². The number of carboxylic acids is 1. The smallest absolute Gasteiger partial charge is 0.326 e. The van der Waals surface area contributed by atoms with Gasteiger partial charge in [0.2, 0.25) is 29.5 Å². The highest BCUT2D eigenvalue weighted by Gasteiger charge is 2.31. The number of hydrogen-bond acceptors (Lipinski definition) is 9. The molecule has 5 amide bonds. The first kappa shape index (κ1) is 57.7. The maximum Gasteiger partial charge on any atom is 0.326 e. The standard InChI is InChI=1S/C47H84N8O7/c1-5-6-7-8-9-10-11-12-13-14-15-16-17-18-19-20-21-31-42(56)52-38(28-22-25-32-48)44(58)55-41(35-36(2)3)46(60)51-37(4)43(57)53-39(29-23-26-33-49)45(59)54-40(47(61)62)30-24-27-34-50/h9-10,12-13,15-16,18-19,36-41H,5-8,11,14,17,20-35,48-50H2,1-4H3,(H,51,60)(H,52,56)(H,53,57)(H,54,59)(H,55,58)(H,61,62)/b10-9-,13-12-,16-15-,19-18-/t37-,38-,39-,40-,41-/m0/s1. The van der Waals surface area contributed by atoms with E-state index in [4.69, 9.17) is 17.2 Å². The van der Waals surface area contributed by atoms with Crippen molar-refractivity contribution < 1.29 is 33.9 Å². The first-order valence-corrected chi connectivity index (χ1v) is 23.2. The molecule has 0 bridgehead atoms. The topological polar surface area (TPSA) is 261 Å². The van der Waals surface area contributed by atoms with Crippen molar-refractivity contribution >= 4 is 35.5 Å². The number of carboxylic acid groups (broad SMARTS) is 1. The van der Waals surface area contributed by atoms with Crippen LogP contribution in [0.3, 0.4) is 0 Å². The van der Waals surface area contributed by atoms with Crippen LogP contribution in [0.15, 0.2) is 48.6 Å². The molecule has 15 heteroatoms. The molecule has 0 radical (unpaired) electrons. The van der Waals surface area contributed by atoms with Crippen molar-refractivity contribution in [1.82, 2.24) is 26.6 Å². The van der Waals surface area contributed by atoms with Crippen molar-refractivity contribution in [3.8, 4) is 0 Å². The largest absolute Gasteiger partial charge is 0.480 e. The fourth-order valence-electron chi connectivity index (χ4n) is 6.41. The van der Waals surface area contributed by atoms with Gasteiger partial charge in [0, 0.05) is 6.42 Å². The summed E-state index contributed by atoms with van der Waals surface area (Å²) in [6.07, 6.45) is 30.8. The van der Waals surface area contributed by atoms with Crippen molar-refractivity contribution in [2.45, 2.75) is 186 Å². The molecule has 12 N–H and O–H groups in total. The molecule has 354 valence electrons. The van der Waals surface area contributed by atoms with Gasteiger partial charge in [-0.1, -0.05) is 82.2 Å². The summed E-state index contributed by atoms with van der Waals surface area (Å²) in [5, 5.41) is 23.2. The number of aliphatic carboxylic acids is 1. The van der Waals surface area contributed by atoms with E-state index in [1.807, 2.05) is 13.8 Å². The number of amides is 5. The van der Waals surface area contributed by atoms with Crippen molar-refractivity contribution in [3.63, 3.8) is 0 Å². The normalized spacial score (nSPS) is 14.3. The minimum Gasteiger partial charge on any atom is -0.480 e. The number of nitrogens with one attached hydrogen (secondary N) is 5. The van der Waals surface area contributed by atoms with Gasteiger partial charge in [0.1, 0.15) is 30.2 Å². The Hall–Kier alpha value is -4.34. The summed E-state index contributed by atoms with van der Waals surface area (Å²) in [7, 11) is 0. The lowest BCUT2D eigenvalue weighted by Crippen LogP contribution is -2.58. The molecule has 0 aromatic heterocycles. The van der Waals surface area contributed by atoms with Crippen LogP contribution in [0, 0.1) is 5.92 Å². The lowest BCUT2D eigenvalue weighted by molar-refractivity contribution is -0.142. The molecule has 0 saturated heterocycles. The molecule has 0 spiro atoms. The van der Waals surface area contributed by atoms with Crippen LogP contribution >= 0.6 is 0 Å². The van der Waals surface area contributed by atoms with Crippen molar-refractivity contribution in [1.29, 1.82) is 0 Å². The van der Waals surface area contributed by atoms with Gasteiger partial charge < -0.3 is 48.9 Å². The van der Waals surface area contributed by atoms with E-state index in [1.54, 1.807) is 0 Å². The molecule has 0 rings (SSSR count). The lowest BCUT2D eigenvalue weighted by atomic mass is 10.0. The van der Waals surface area contributed by atoms with Gasteiger partial charge in [-0.3, -0.25) is 24.0 Å².